The Hall–Kier alpha value is -1.38. The summed E-state index contributed by atoms with van der Waals surface area (Å²) in [6, 6.07) is 5.92. The lowest BCUT2D eigenvalue weighted by Crippen LogP contribution is -2.01. The third-order valence-electron chi connectivity index (χ3n) is 2.20. The molecule has 0 unspecified atom stereocenters. The number of unbranched alkanes of at least 4 members (excludes halogenated alkanes) is 1. The molecular formula is C11H17N3. The maximum atomic E-state index is 7.09. The molecule has 0 aliphatic heterocycles. The second-order valence-corrected chi connectivity index (χ2v) is 3.36. The molecule has 3 heteroatoms. The van der Waals surface area contributed by atoms with Crippen molar-refractivity contribution >= 4 is 11.4 Å². The molecule has 0 saturated heterocycles. The summed E-state index contributed by atoms with van der Waals surface area (Å²) in [6.45, 7) is 5.08. The molecule has 0 saturated carbocycles. The molecule has 0 aromatic heterocycles. The highest BCUT2D eigenvalue weighted by Crippen LogP contribution is 2.28. The highest BCUT2D eigenvalue weighted by atomic mass is 15.0. The largest absolute Gasteiger partial charge is 0.383 e. The summed E-state index contributed by atoms with van der Waals surface area (Å²) in [4.78, 5) is 0. The molecule has 76 valence electrons. The summed E-state index contributed by atoms with van der Waals surface area (Å²) < 4.78 is 0. The minimum atomic E-state index is 0.753. The number of benzene rings is 1. The predicted molar refractivity (Wildman–Crippen MR) is 59.4 cm³/mol. The maximum Gasteiger partial charge on any atom is 0.111 e. The zero-order valence-corrected chi connectivity index (χ0v) is 8.80. The van der Waals surface area contributed by atoms with Crippen molar-refractivity contribution in [1.29, 1.82) is 5.53 Å². The molecule has 1 aromatic rings. The van der Waals surface area contributed by atoms with Crippen LogP contribution in [0.25, 0.3) is 0 Å². The number of aryl methyl sites for hydroxylation is 1. The first kappa shape index (κ1) is 10.7. The number of nitrogens with zero attached hydrogens (tertiary/aromatic N) is 1. The zero-order valence-electron chi connectivity index (χ0n) is 8.80. The molecule has 0 fully saturated rings. The summed E-state index contributed by atoms with van der Waals surface area (Å²) in [6.07, 6.45) is 2.32. The fourth-order valence-electron chi connectivity index (χ4n) is 1.35. The van der Waals surface area contributed by atoms with E-state index in [1.165, 1.54) is 6.42 Å². The molecule has 3 nitrogen and oxygen atoms in total. The molecular weight excluding hydrogens is 174 g/mol. The number of anilines is 1. The SMILES string of the molecule is CCCCNc1cccc(C)c1N=N. The quantitative estimate of drug-likeness (QED) is 0.538. The Kier molecular flexibility index (Phi) is 4.11. The second kappa shape index (κ2) is 5.37. The van der Waals surface area contributed by atoms with Crippen LogP contribution in [-0.2, 0) is 0 Å². The third kappa shape index (κ3) is 2.55. The normalized spacial score (nSPS) is 9.86. The van der Waals surface area contributed by atoms with Crippen molar-refractivity contribution in [2.24, 2.45) is 5.11 Å². The van der Waals surface area contributed by atoms with Gasteiger partial charge in [0.2, 0.25) is 0 Å². The Balaban J connectivity index is 2.75. The first-order valence-electron chi connectivity index (χ1n) is 5.00. The number of rotatable bonds is 5. The summed E-state index contributed by atoms with van der Waals surface area (Å²) in [7, 11) is 0. The predicted octanol–water partition coefficient (Wildman–Crippen LogP) is 3.87. The Bertz CT molecular complexity index is 307. The van der Waals surface area contributed by atoms with Gasteiger partial charge in [0.1, 0.15) is 5.69 Å². The molecule has 0 aliphatic rings. The van der Waals surface area contributed by atoms with E-state index in [1.807, 2.05) is 25.1 Å². The van der Waals surface area contributed by atoms with E-state index in [1.54, 1.807) is 0 Å². The topological polar surface area (TPSA) is 48.2 Å². The highest BCUT2D eigenvalue weighted by Gasteiger charge is 2.02. The lowest BCUT2D eigenvalue weighted by molar-refractivity contribution is 0.834. The van der Waals surface area contributed by atoms with E-state index in [9.17, 15) is 0 Å². The summed E-state index contributed by atoms with van der Waals surface area (Å²) in [5, 5.41) is 6.83. The van der Waals surface area contributed by atoms with E-state index >= 15 is 0 Å². The van der Waals surface area contributed by atoms with Crippen molar-refractivity contribution in [3.63, 3.8) is 0 Å². The standard InChI is InChI=1S/C11H17N3/c1-3-4-8-13-10-7-5-6-9(2)11(10)14-12/h5-7,12-13H,3-4,8H2,1-2H3. The summed E-state index contributed by atoms with van der Waals surface area (Å²) in [5.74, 6) is 0. The van der Waals surface area contributed by atoms with Gasteiger partial charge in [-0.1, -0.05) is 25.5 Å². The third-order valence-corrected chi connectivity index (χ3v) is 2.20. The van der Waals surface area contributed by atoms with Crippen molar-refractivity contribution in [3.05, 3.63) is 23.8 Å². The Labute approximate surface area is 85.0 Å². The van der Waals surface area contributed by atoms with Crippen LogP contribution in [-0.4, -0.2) is 6.54 Å². The van der Waals surface area contributed by atoms with Gasteiger partial charge in [-0.05, 0) is 25.0 Å². The maximum absolute atomic E-state index is 7.09. The number of para-hydroxylation sites is 1. The fraction of sp³-hybridized carbons (Fsp3) is 0.455. The van der Waals surface area contributed by atoms with E-state index in [-0.39, 0.29) is 0 Å². The fourth-order valence-corrected chi connectivity index (χ4v) is 1.35. The van der Waals surface area contributed by atoms with Gasteiger partial charge >= 0.3 is 0 Å². The van der Waals surface area contributed by atoms with Gasteiger partial charge in [-0.25, -0.2) is 5.53 Å². The molecule has 0 aliphatic carbocycles. The molecule has 0 heterocycles. The molecule has 0 amide bonds. The van der Waals surface area contributed by atoms with Crippen LogP contribution < -0.4 is 5.32 Å². The van der Waals surface area contributed by atoms with Crippen molar-refractivity contribution in [1.82, 2.24) is 0 Å². The van der Waals surface area contributed by atoms with E-state index in [0.717, 1.165) is 29.9 Å². The van der Waals surface area contributed by atoms with Crippen molar-refractivity contribution in [2.75, 3.05) is 11.9 Å². The Morgan fingerprint density at radius 3 is 2.86 bits per heavy atom. The molecule has 1 rings (SSSR count). The first-order chi connectivity index (χ1) is 6.79. The number of hydrogen-bond donors (Lipinski definition) is 2. The van der Waals surface area contributed by atoms with Gasteiger partial charge in [-0.15, -0.1) is 0 Å². The van der Waals surface area contributed by atoms with Crippen molar-refractivity contribution in [2.45, 2.75) is 26.7 Å². The van der Waals surface area contributed by atoms with Crippen LogP contribution in [0.5, 0.6) is 0 Å². The van der Waals surface area contributed by atoms with Crippen LogP contribution in [0.15, 0.2) is 23.3 Å². The Morgan fingerprint density at radius 1 is 1.43 bits per heavy atom. The molecule has 14 heavy (non-hydrogen) atoms. The summed E-state index contributed by atoms with van der Waals surface area (Å²) >= 11 is 0. The van der Waals surface area contributed by atoms with Crippen LogP contribution in [0, 0.1) is 12.5 Å². The zero-order chi connectivity index (χ0) is 10.4. The van der Waals surface area contributed by atoms with Gasteiger partial charge in [0, 0.05) is 6.54 Å². The van der Waals surface area contributed by atoms with E-state index in [0.29, 0.717) is 0 Å². The van der Waals surface area contributed by atoms with Gasteiger partial charge < -0.3 is 5.32 Å². The Morgan fingerprint density at radius 2 is 2.21 bits per heavy atom. The monoisotopic (exact) mass is 191 g/mol. The van der Waals surface area contributed by atoms with E-state index in [2.05, 4.69) is 17.4 Å². The molecule has 0 atom stereocenters. The van der Waals surface area contributed by atoms with E-state index in [4.69, 9.17) is 5.53 Å². The van der Waals surface area contributed by atoms with Crippen LogP contribution in [0.3, 0.4) is 0 Å². The van der Waals surface area contributed by atoms with Crippen LogP contribution in [0.1, 0.15) is 25.3 Å². The average molecular weight is 191 g/mol. The molecule has 1 aromatic carbocycles. The van der Waals surface area contributed by atoms with Gasteiger partial charge in [-0.2, -0.15) is 5.11 Å². The number of nitrogens with one attached hydrogen (secondary N) is 2. The molecule has 2 N–H and O–H groups in total. The lowest BCUT2D eigenvalue weighted by Gasteiger charge is -2.09. The van der Waals surface area contributed by atoms with Gasteiger partial charge in [-0.3, -0.25) is 0 Å². The minimum absolute atomic E-state index is 0.753. The molecule has 0 spiro atoms. The smallest absolute Gasteiger partial charge is 0.111 e. The van der Waals surface area contributed by atoms with Gasteiger partial charge in [0.15, 0.2) is 0 Å². The van der Waals surface area contributed by atoms with Crippen LogP contribution >= 0.6 is 0 Å². The molecule has 0 radical (unpaired) electrons. The van der Waals surface area contributed by atoms with Crippen molar-refractivity contribution in [3.8, 4) is 0 Å². The highest BCUT2D eigenvalue weighted by molar-refractivity contribution is 5.68. The van der Waals surface area contributed by atoms with Crippen LogP contribution in [0.4, 0.5) is 11.4 Å². The van der Waals surface area contributed by atoms with Crippen LogP contribution in [0.2, 0.25) is 0 Å². The average Bonchev–Trinajstić information content (AvgIpc) is 2.18. The first-order valence-corrected chi connectivity index (χ1v) is 5.00. The minimum Gasteiger partial charge on any atom is -0.383 e. The van der Waals surface area contributed by atoms with E-state index < -0.39 is 0 Å². The van der Waals surface area contributed by atoms with Crippen molar-refractivity contribution < 1.29 is 0 Å². The van der Waals surface area contributed by atoms with Gasteiger partial charge in [0.25, 0.3) is 0 Å². The number of hydrogen-bond acceptors (Lipinski definition) is 3. The second-order valence-electron chi connectivity index (χ2n) is 3.36. The molecule has 0 bridgehead atoms. The summed E-state index contributed by atoms with van der Waals surface area (Å²) in [5.41, 5.74) is 9.85. The van der Waals surface area contributed by atoms with Gasteiger partial charge in [0.05, 0.1) is 5.69 Å². The lowest BCUT2D eigenvalue weighted by atomic mass is 10.1.